The number of para-hydroxylation sites is 1. The molecule has 3 aromatic rings. The second-order valence-corrected chi connectivity index (χ2v) is 4.57. The zero-order valence-electron chi connectivity index (χ0n) is 11.4. The molecule has 1 aromatic carbocycles. The third kappa shape index (κ3) is 2.98. The number of rotatable bonds is 5. The van der Waals surface area contributed by atoms with E-state index in [1.165, 1.54) is 0 Å². The number of hydrogen-bond donors (Lipinski definition) is 1. The lowest BCUT2D eigenvalue weighted by Crippen LogP contribution is -2.02. The Kier molecular flexibility index (Phi) is 3.74. The van der Waals surface area contributed by atoms with Crippen molar-refractivity contribution in [1.29, 1.82) is 5.26 Å². The molecular formula is C15H14N6. The Bertz CT molecular complexity index is 772. The fourth-order valence-corrected chi connectivity index (χ4v) is 2.07. The molecule has 0 atom stereocenters. The minimum Gasteiger partial charge on any atom is -0.323 e. The van der Waals surface area contributed by atoms with Gasteiger partial charge >= 0.3 is 0 Å². The molecule has 0 spiro atoms. The predicted octanol–water partition coefficient (Wildman–Crippen LogP) is 2.71. The Balaban J connectivity index is 1.86. The number of nitrogens with one attached hydrogen (secondary N) is 1. The molecule has 0 saturated heterocycles. The minimum atomic E-state index is 0.516. The number of anilines is 2. The highest BCUT2D eigenvalue weighted by molar-refractivity contribution is 5.55. The number of nitriles is 1. The van der Waals surface area contributed by atoms with E-state index in [9.17, 15) is 0 Å². The molecule has 104 valence electrons. The van der Waals surface area contributed by atoms with E-state index in [-0.39, 0.29) is 0 Å². The molecule has 6 nitrogen and oxygen atoms in total. The maximum atomic E-state index is 8.61. The zero-order valence-corrected chi connectivity index (χ0v) is 11.4. The first-order valence-electron chi connectivity index (χ1n) is 6.76. The Labute approximate surface area is 122 Å². The summed E-state index contributed by atoms with van der Waals surface area (Å²) in [5.41, 5.74) is 1.68. The minimum absolute atomic E-state index is 0.516. The van der Waals surface area contributed by atoms with E-state index >= 15 is 0 Å². The molecule has 1 N–H and O–H groups in total. The van der Waals surface area contributed by atoms with Gasteiger partial charge in [0.25, 0.3) is 0 Å². The van der Waals surface area contributed by atoms with Gasteiger partial charge in [0, 0.05) is 30.8 Å². The van der Waals surface area contributed by atoms with E-state index in [4.69, 9.17) is 5.26 Å². The van der Waals surface area contributed by atoms with Crippen LogP contribution in [0.2, 0.25) is 0 Å². The van der Waals surface area contributed by atoms with Crippen LogP contribution in [0.25, 0.3) is 5.65 Å². The van der Waals surface area contributed by atoms with Gasteiger partial charge in [-0.1, -0.05) is 18.2 Å². The van der Waals surface area contributed by atoms with Crippen LogP contribution in [0.4, 0.5) is 11.6 Å². The second kappa shape index (κ2) is 6.01. The van der Waals surface area contributed by atoms with E-state index in [2.05, 4.69) is 26.5 Å². The topological polar surface area (TPSA) is 78.9 Å². The lowest BCUT2D eigenvalue weighted by atomic mass is 10.2. The van der Waals surface area contributed by atoms with Crippen molar-refractivity contribution in [2.45, 2.75) is 19.3 Å². The van der Waals surface area contributed by atoms with Gasteiger partial charge in [0.15, 0.2) is 5.65 Å². The van der Waals surface area contributed by atoms with E-state index < -0.39 is 0 Å². The number of aryl methyl sites for hydroxylation is 1. The Morgan fingerprint density at radius 1 is 1.19 bits per heavy atom. The molecule has 0 bridgehead atoms. The molecule has 3 rings (SSSR count). The number of hydrogen-bond acceptors (Lipinski definition) is 5. The molecule has 6 heteroatoms. The quantitative estimate of drug-likeness (QED) is 0.726. The highest BCUT2D eigenvalue weighted by Crippen LogP contribution is 2.14. The second-order valence-electron chi connectivity index (χ2n) is 4.57. The number of unbranched alkanes of at least 4 members (excludes halogenated alkanes) is 1. The van der Waals surface area contributed by atoms with Crippen LogP contribution in [0, 0.1) is 11.3 Å². The number of fused-ring (bicyclic) bond motifs is 1. The summed E-state index contributed by atoms with van der Waals surface area (Å²) in [4.78, 5) is 8.75. The number of aromatic nitrogens is 4. The molecule has 0 radical (unpaired) electrons. The first kappa shape index (κ1) is 13.1. The molecular weight excluding hydrogens is 264 g/mol. The van der Waals surface area contributed by atoms with Crippen LogP contribution in [0.15, 0.2) is 42.6 Å². The molecule has 0 amide bonds. The van der Waals surface area contributed by atoms with Gasteiger partial charge in [-0.15, -0.1) is 5.10 Å². The van der Waals surface area contributed by atoms with Crippen LogP contribution < -0.4 is 5.32 Å². The summed E-state index contributed by atoms with van der Waals surface area (Å²) in [6.07, 6.45) is 3.71. The van der Waals surface area contributed by atoms with Crippen LogP contribution in [0.5, 0.6) is 0 Å². The lowest BCUT2D eigenvalue weighted by Gasteiger charge is -2.00. The first-order chi connectivity index (χ1) is 10.4. The monoisotopic (exact) mass is 278 g/mol. The van der Waals surface area contributed by atoms with Crippen molar-refractivity contribution in [3.8, 4) is 6.07 Å². The van der Waals surface area contributed by atoms with Gasteiger partial charge < -0.3 is 5.32 Å². The van der Waals surface area contributed by atoms with Crippen molar-refractivity contribution in [2.24, 2.45) is 0 Å². The van der Waals surface area contributed by atoms with Gasteiger partial charge in [-0.25, -0.2) is 4.98 Å². The van der Waals surface area contributed by atoms with Crippen molar-refractivity contribution in [3.63, 3.8) is 0 Å². The lowest BCUT2D eigenvalue weighted by molar-refractivity contribution is 0.738. The summed E-state index contributed by atoms with van der Waals surface area (Å²) in [6, 6.07) is 13.7. The normalized spacial score (nSPS) is 10.4. The number of nitrogens with zero attached hydrogens (tertiary/aromatic N) is 5. The molecule has 2 aromatic heterocycles. The van der Waals surface area contributed by atoms with E-state index in [1.807, 2.05) is 36.4 Å². The smallest absolute Gasteiger partial charge is 0.247 e. The van der Waals surface area contributed by atoms with Crippen LogP contribution in [-0.4, -0.2) is 19.6 Å². The van der Waals surface area contributed by atoms with Crippen molar-refractivity contribution >= 4 is 17.3 Å². The summed E-state index contributed by atoms with van der Waals surface area (Å²) < 4.78 is 1.72. The molecule has 0 fully saturated rings. The molecule has 0 saturated carbocycles. The predicted molar refractivity (Wildman–Crippen MR) is 79.1 cm³/mol. The van der Waals surface area contributed by atoms with Gasteiger partial charge in [0.05, 0.1) is 6.07 Å². The third-order valence-corrected chi connectivity index (χ3v) is 3.04. The molecule has 0 unspecified atom stereocenters. The molecule has 2 heterocycles. The third-order valence-electron chi connectivity index (χ3n) is 3.04. The van der Waals surface area contributed by atoms with Crippen molar-refractivity contribution in [1.82, 2.24) is 19.6 Å². The fraction of sp³-hybridized carbons (Fsp3) is 0.200. The SMILES string of the molecule is N#CCCCc1nccc2nc(Nc3ccccc3)nn12. The van der Waals surface area contributed by atoms with E-state index in [0.717, 1.165) is 23.6 Å². The Morgan fingerprint density at radius 3 is 2.86 bits per heavy atom. The largest absolute Gasteiger partial charge is 0.323 e. The van der Waals surface area contributed by atoms with Crippen LogP contribution in [-0.2, 0) is 6.42 Å². The Morgan fingerprint density at radius 2 is 2.05 bits per heavy atom. The fourth-order valence-electron chi connectivity index (χ4n) is 2.07. The first-order valence-corrected chi connectivity index (χ1v) is 6.76. The van der Waals surface area contributed by atoms with Gasteiger partial charge in [-0.3, -0.25) is 0 Å². The molecule has 21 heavy (non-hydrogen) atoms. The summed E-state index contributed by atoms with van der Waals surface area (Å²) >= 11 is 0. The molecule has 0 aliphatic carbocycles. The van der Waals surface area contributed by atoms with Crippen LogP contribution in [0.3, 0.4) is 0 Å². The van der Waals surface area contributed by atoms with Gasteiger partial charge in [0.1, 0.15) is 5.82 Å². The molecule has 0 aliphatic rings. The maximum Gasteiger partial charge on any atom is 0.247 e. The van der Waals surface area contributed by atoms with Crippen molar-refractivity contribution in [3.05, 3.63) is 48.4 Å². The highest BCUT2D eigenvalue weighted by Gasteiger charge is 2.08. The Hall–Kier alpha value is -2.94. The van der Waals surface area contributed by atoms with Crippen LogP contribution >= 0.6 is 0 Å². The van der Waals surface area contributed by atoms with Gasteiger partial charge in [-0.05, 0) is 18.6 Å². The van der Waals surface area contributed by atoms with Gasteiger partial charge in [-0.2, -0.15) is 14.8 Å². The van der Waals surface area contributed by atoms with E-state index in [1.54, 1.807) is 10.7 Å². The zero-order chi connectivity index (χ0) is 14.5. The van der Waals surface area contributed by atoms with Crippen molar-refractivity contribution < 1.29 is 0 Å². The average molecular weight is 278 g/mol. The average Bonchev–Trinajstić information content (AvgIpc) is 2.92. The van der Waals surface area contributed by atoms with Crippen molar-refractivity contribution in [2.75, 3.05) is 5.32 Å². The molecule has 0 aliphatic heterocycles. The summed E-state index contributed by atoms with van der Waals surface area (Å²) in [6.45, 7) is 0. The van der Waals surface area contributed by atoms with Crippen LogP contribution in [0.1, 0.15) is 18.7 Å². The maximum absolute atomic E-state index is 8.61. The van der Waals surface area contributed by atoms with Gasteiger partial charge in [0.2, 0.25) is 5.95 Å². The van der Waals surface area contributed by atoms with E-state index in [0.29, 0.717) is 18.8 Å². The summed E-state index contributed by atoms with van der Waals surface area (Å²) in [7, 11) is 0. The summed E-state index contributed by atoms with van der Waals surface area (Å²) in [5.74, 6) is 1.35. The summed E-state index contributed by atoms with van der Waals surface area (Å²) in [5, 5.41) is 16.2. The number of benzene rings is 1. The highest BCUT2D eigenvalue weighted by atomic mass is 15.4. The standard InChI is InChI=1S/C15H14N6/c16-10-5-4-8-13-17-11-9-14-19-15(20-21(13)14)18-12-6-2-1-3-7-12/h1-3,6-7,9,11H,4-5,8H2,(H,18,20).